The van der Waals surface area contributed by atoms with E-state index < -0.39 is 0 Å². The Morgan fingerprint density at radius 1 is 0.800 bits per heavy atom. The van der Waals surface area contributed by atoms with Crippen LogP contribution in [0.2, 0.25) is 0 Å². The van der Waals surface area contributed by atoms with Gasteiger partial charge in [0.15, 0.2) is 0 Å². The van der Waals surface area contributed by atoms with E-state index in [1.54, 1.807) is 6.92 Å². The van der Waals surface area contributed by atoms with Crippen molar-refractivity contribution in [1.82, 2.24) is 9.47 Å². The Labute approximate surface area is 178 Å². The minimum atomic E-state index is 0.135. The van der Waals surface area contributed by atoms with Crippen molar-refractivity contribution < 1.29 is 4.79 Å². The molecule has 3 aromatic carbocycles. The smallest absolute Gasteiger partial charge is 0.219 e. The van der Waals surface area contributed by atoms with Crippen molar-refractivity contribution >= 4 is 16.8 Å². The number of aromatic nitrogens is 1. The molecule has 1 amide bonds. The van der Waals surface area contributed by atoms with Gasteiger partial charge in [-0.25, -0.2) is 0 Å². The Morgan fingerprint density at radius 3 is 2.17 bits per heavy atom. The topological polar surface area (TPSA) is 25.2 Å². The van der Waals surface area contributed by atoms with Gasteiger partial charge in [-0.1, -0.05) is 72.8 Å². The van der Waals surface area contributed by atoms with Crippen molar-refractivity contribution in [1.29, 1.82) is 0 Å². The number of carbonyl (C=O) groups excluding carboxylic acids is 1. The Balaban J connectivity index is 1.38. The first kappa shape index (κ1) is 20.0. The zero-order chi connectivity index (χ0) is 20.9. The molecule has 0 aliphatic carbocycles. The van der Waals surface area contributed by atoms with E-state index in [0.29, 0.717) is 0 Å². The van der Waals surface area contributed by atoms with Gasteiger partial charge in [0.2, 0.25) is 5.91 Å². The quantitative estimate of drug-likeness (QED) is 0.406. The van der Waals surface area contributed by atoms with Crippen LogP contribution in [0.25, 0.3) is 22.0 Å². The number of fused-ring (bicyclic) bond motifs is 1. The third-order valence-corrected chi connectivity index (χ3v) is 5.81. The fourth-order valence-corrected chi connectivity index (χ4v) is 4.07. The Hall–Kier alpha value is -3.33. The molecule has 0 fully saturated rings. The van der Waals surface area contributed by atoms with Crippen molar-refractivity contribution in [2.45, 2.75) is 19.8 Å². The third kappa shape index (κ3) is 4.46. The third-order valence-electron chi connectivity index (χ3n) is 5.81. The van der Waals surface area contributed by atoms with Crippen LogP contribution in [0.1, 0.15) is 18.1 Å². The summed E-state index contributed by atoms with van der Waals surface area (Å²) in [7, 11) is 2.08. The standard InChI is InChI=1S/C27H28N2O/c1-21(30)29(19-17-25-20-28(2)27-11-7-6-10-26(25)27)18-16-22-12-14-24(15-13-22)23-8-4-3-5-9-23/h3-15,20H,16-19H2,1-2H3. The average molecular weight is 397 g/mol. The number of hydrogen-bond donors (Lipinski definition) is 0. The Bertz CT molecular complexity index is 1130. The van der Waals surface area contributed by atoms with Gasteiger partial charge in [0.25, 0.3) is 0 Å². The molecule has 3 heteroatoms. The van der Waals surface area contributed by atoms with Gasteiger partial charge < -0.3 is 9.47 Å². The molecule has 4 aromatic rings. The molecule has 1 heterocycles. The minimum Gasteiger partial charge on any atom is -0.350 e. The first-order valence-electron chi connectivity index (χ1n) is 10.5. The van der Waals surface area contributed by atoms with Gasteiger partial charge >= 0.3 is 0 Å². The van der Waals surface area contributed by atoms with E-state index in [1.165, 1.54) is 33.2 Å². The molecular weight excluding hydrogens is 368 g/mol. The van der Waals surface area contributed by atoms with Crippen LogP contribution < -0.4 is 0 Å². The Morgan fingerprint density at radius 2 is 1.43 bits per heavy atom. The molecule has 0 N–H and O–H groups in total. The molecule has 1 aromatic heterocycles. The summed E-state index contributed by atoms with van der Waals surface area (Å²) in [5.41, 5.74) is 6.24. The van der Waals surface area contributed by atoms with Crippen LogP contribution in [0.3, 0.4) is 0 Å². The van der Waals surface area contributed by atoms with E-state index in [9.17, 15) is 4.79 Å². The molecule has 3 nitrogen and oxygen atoms in total. The fraction of sp³-hybridized carbons (Fsp3) is 0.222. The van der Waals surface area contributed by atoms with E-state index in [2.05, 4.69) is 90.6 Å². The lowest BCUT2D eigenvalue weighted by Crippen LogP contribution is -2.32. The molecular formula is C27H28N2O. The molecule has 0 atom stereocenters. The molecule has 0 unspecified atom stereocenters. The van der Waals surface area contributed by atoms with Crippen LogP contribution in [0.4, 0.5) is 0 Å². The highest BCUT2D eigenvalue weighted by Crippen LogP contribution is 2.22. The van der Waals surface area contributed by atoms with Crippen molar-refractivity contribution in [2.75, 3.05) is 13.1 Å². The number of carbonyl (C=O) groups is 1. The second-order valence-electron chi connectivity index (χ2n) is 7.85. The van der Waals surface area contributed by atoms with Gasteiger partial charge in [0.05, 0.1) is 0 Å². The van der Waals surface area contributed by atoms with Crippen LogP contribution in [0.5, 0.6) is 0 Å². The number of rotatable bonds is 7. The highest BCUT2D eigenvalue weighted by atomic mass is 16.2. The van der Waals surface area contributed by atoms with Crippen LogP contribution in [-0.4, -0.2) is 28.5 Å². The Kier molecular flexibility index (Phi) is 5.99. The molecule has 0 aliphatic rings. The monoisotopic (exact) mass is 396 g/mol. The van der Waals surface area contributed by atoms with Crippen molar-refractivity contribution in [3.05, 3.63) is 96.2 Å². The van der Waals surface area contributed by atoms with Gasteiger partial charge in [0, 0.05) is 44.2 Å². The predicted molar refractivity (Wildman–Crippen MR) is 124 cm³/mol. The summed E-state index contributed by atoms with van der Waals surface area (Å²) in [6.07, 6.45) is 3.92. The molecule has 0 aliphatic heterocycles. The highest BCUT2D eigenvalue weighted by Gasteiger charge is 2.12. The first-order valence-corrected chi connectivity index (χ1v) is 10.5. The van der Waals surface area contributed by atoms with Gasteiger partial charge in [-0.3, -0.25) is 4.79 Å². The summed E-state index contributed by atoms with van der Waals surface area (Å²) in [6.45, 7) is 3.15. The van der Waals surface area contributed by atoms with Gasteiger partial charge in [-0.05, 0) is 41.2 Å². The van der Waals surface area contributed by atoms with E-state index in [4.69, 9.17) is 0 Å². The highest BCUT2D eigenvalue weighted by molar-refractivity contribution is 5.84. The molecule has 0 saturated heterocycles. The summed E-state index contributed by atoms with van der Waals surface area (Å²) in [4.78, 5) is 14.2. The lowest BCUT2D eigenvalue weighted by atomic mass is 10.0. The van der Waals surface area contributed by atoms with Gasteiger partial charge in [-0.2, -0.15) is 0 Å². The summed E-state index contributed by atoms with van der Waals surface area (Å²) < 4.78 is 2.16. The maximum atomic E-state index is 12.2. The molecule has 4 rings (SSSR count). The number of amides is 1. The normalized spacial score (nSPS) is 11.0. The number of hydrogen-bond acceptors (Lipinski definition) is 1. The number of nitrogens with zero attached hydrogens (tertiary/aromatic N) is 2. The van der Waals surface area contributed by atoms with Crippen molar-refractivity contribution in [2.24, 2.45) is 7.05 Å². The zero-order valence-corrected chi connectivity index (χ0v) is 17.7. The summed E-state index contributed by atoms with van der Waals surface area (Å²) in [6, 6.07) is 27.5. The van der Waals surface area contributed by atoms with E-state index in [-0.39, 0.29) is 5.91 Å². The fourth-order valence-electron chi connectivity index (χ4n) is 4.07. The van der Waals surface area contributed by atoms with Crippen molar-refractivity contribution in [3.63, 3.8) is 0 Å². The summed E-state index contributed by atoms with van der Waals surface area (Å²) in [5, 5.41) is 1.28. The molecule has 30 heavy (non-hydrogen) atoms. The maximum absolute atomic E-state index is 12.2. The van der Waals surface area contributed by atoms with Crippen LogP contribution in [0, 0.1) is 0 Å². The molecule has 0 saturated carbocycles. The summed E-state index contributed by atoms with van der Waals surface area (Å²) >= 11 is 0. The van der Waals surface area contributed by atoms with Crippen LogP contribution in [0.15, 0.2) is 85.1 Å². The molecule has 152 valence electrons. The zero-order valence-electron chi connectivity index (χ0n) is 17.7. The number of benzene rings is 3. The molecule has 0 radical (unpaired) electrons. The average Bonchev–Trinajstić information content (AvgIpc) is 3.10. The largest absolute Gasteiger partial charge is 0.350 e. The van der Waals surface area contributed by atoms with Crippen molar-refractivity contribution in [3.8, 4) is 11.1 Å². The lowest BCUT2D eigenvalue weighted by molar-refractivity contribution is -0.128. The second-order valence-corrected chi connectivity index (χ2v) is 7.85. The van der Waals surface area contributed by atoms with E-state index in [0.717, 1.165) is 25.9 Å². The van der Waals surface area contributed by atoms with Gasteiger partial charge in [-0.15, -0.1) is 0 Å². The predicted octanol–water partition coefficient (Wildman–Crippen LogP) is 5.48. The number of aryl methyl sites for hydroxylation is 1. The molecule has 0 bridgehead atoms. The first-order chi connectivity index (χ1) is 14.6. The molecule has 0 spiro atoms. The summed E-state index contributed by atoms with van der Waals surface area (Å²) in [5.74, 6) is 0.135. The minimum absolute atomic E-state index is 0.135. The van der Waals surface area contributed by atoms with E-state index in [1.807, 2.05) is 11.0 Å². The van der Waals surface area contributed by atoms with Gasteiger partial charge in [0.1, 0.15) is 0 Å². The number of para-hydroxylation sites is 1. The van der Waals surface area contributed by atoms with Crippen LogP contribution in [-0.2, 0) is 24.7 Å². The lowest BCUT2D eigenvalue weighted by Gasteiger charge is -2.21. The SMILES string of the molecule is CC(=O)N(CCc1ccc(-c2ccccc2)cc1)CCc1cn(C)c2ccccc12. The van der Waals surface area contributed by atoms with Crippen LogP contribution >= 0.6 is 0 Å². The second kappa shape index (κ2) is 9.00. The van der Waals surface area contributed by atoms with E-state index >= 15 is 0 Å². The maximum Gasteiger partial charge on any atom is 0.219 e.